The van der Waals surface area contributed by atoms with Crippen molar-refractivity contribution in [2.24, 2.45) is 0 Å². The smallest absolute Gasteiger partial charge is 0.151 e. The molecule has 0 N–H and O–H groups in total. The molecule has 0 unspecified atom stereocenters. The fraction of sp³-hybridized carbons (Fsp3) is 0.667. The van der Waals surface area contributed by atoms with Crippen LogP contribution in [0.5, 0.6) is 0 Å². The molecule has 2 nitrogen and oxygen atoms in total. The van der Waals surface area contributed by atoms with Crippen LogP contribution in [0.1, 0.15) is 12.8 Å². The van der Waals surface area contributed by atoms with Gasteiger partial charge >= 0.3 is 0 Å². The molecule has 1 rings (SSSR count). The highest BCUT2D eigenvalue weighted by Crippen LogP contribution is 2.04. The van der Waals surface area contributed by atoms with E-state index in [9.17, 15) is 5.26 Å². The van der Waals surface area contributed by atoms with Gasteiger partial charge < -0.3 is 9.78 Å². The third-order valence-corrected chi connectivity index (χ3v) is 0.994. The van der Waals surface area contributed by atoms with Crippen LogP contribution in [0.4, 0.5) is 0 Å². The third kappa shape index (κ3) is 2.77. The maximum absolute atomic E-state index is 10.1. The molecule has 1 heterocycles. The highest BCUT2D eigenvalue weighted by Gasteiger charge is 2.07. The van der Waals surface area contributed by atoms with Crippen molar-refractivity contribution in [3.05, 3.63) is 13.2 Å². The molecule has 2 heteroatoms. The van der Waals surface area contributed by atoms with Crippen LogP contribution in [0.2, 0.25) is 0 Å². The zero-order chi connectivity index (χ0) is 6.41. The second-order valence-electron chi connectivity index (χ2n) is 1.56. The summed E-state index contributed by atoms with van der Waals surface area (Å²) in [4.78, 5) is 0. The molecule has 0 bridgehead atoms. The summed E-state index contributed by atoms with van der Waals surface area (Å²) in [6, 6.07) is 0. The average molecular weight is 116 g/mol. The van der Waals surface area contributed by atoms with Gasteiger partial charge in [-0.15, -0.1) is 13.2 Å². The van der Waals surface area contributed by atoms with E-state index in [-0.39, 0.29) is 0 Å². The molecule has 0 aromatic heterocycles. The second kappa shape index (κ2) is 4.81. The summed E-state index contributed by atoms with van der Waals surface area (Å²) in [5.41, 5.74) is 0. The van der Waals surface area contributed by atoms with Gasteiger partial charge in [0.25, 0.3) is 0 Å². The maximum Gasteiger partial charge on any atom is 0.151 e. The largest absolute Gasteiger partial charge is 0.534 e. The Labute approximate surface area is 50.0 Å². The topological polar surface area (TPSA) is 25.8 Å². The van der Waals surface area contributed by atoms with Crippen LogP contribution in [0.3, 0.4) is 0 Å². The highest BCUT2D eigenvalue weighted by molar-refractivity contribution is 4.45. The van der Waals surface area contributed by atoms with Crippen LogP contribution >= 0.6 is 0 Å². The van der Waals surface area contributed by atoms with E-state index in [1.54, 1.807) is 4.52 Å². The van der Waals surface area contributed by atoms with Gasteiger partial charge in [-0.3, -0.25) is 0 Å². The van der Waals surface area contributed by atoms with Crippen molar-refractivity contribution in [2.45, 2.75) is 12.8 Å². The number of hydrogen-bond acceptors (Lipinski definition) is 1. The normalized spacial score (nSPS) is 19.6. The zero-order valence-corrected chi connectivity index (χ0v) is 5.06. The van der Waals surface area contributed by atoms with E-state index in [1.807, 2.05) is 0 Å². The molecule has 0 aliphatic carbocycles. The molecule has 1 fully saturated rings. The van der Waals surface area contributed by atoms with Crippen LogP contribution in [0.15, 0.2) is 13.2 Å². The summed E-state index contributed by atoms with van der Waals surface area (Å²) >= 11 is 0. The van der Waals surface area contributed by atoms with Crippen molar-refractivity contribution in [3.8, 4) is 0 Å². The van der Waals surface area contributed by atoms with Crippen molar-refractivity contribution in [1.82, 2.24) is 0 Å². The van der Waals surface area contributed by atoms with Gasteiger partial charge in [-0.05, 0) is 0 Å². The van der Waals surface area contributed by atoms with Gasteiger partial charge in [0.1, 0.15) is 0 Å². The Morgan fingerprint density at radius 1 is 1.12 bits per heavy atom. The molecule has 0 spiro atoms. The van der Waals surface area contributed by atoms with E-state index >= 15 is 0 Å². The molecule has 0 aromatic carbocycles. The SMILES string of the molecule is C=C.[O-][O+]1CCCC1. The molecule has 0 aromatic rings. The zero-order valence-electron chi connectivity index (χ0n) is 5.06. The summed E-state index contributed by atoms with van der Waals surface area (Å²) in [7, 11) is 0. The van der Waals surface area contributed by atoms with Gasteiger partial charge in [0.05, 0.1) is 0 Å². The molecule has 1 aliphatic heterocycles. The Bertz CT molecular complexity index is 48.5. The lowest BCUT2D eigenvalue weighted by atomic mass is 10.4. The van der Waals surface area contributed by atoms with E-state index in [4.69, 9.17) is 0 Å². The van der Waals surface area contributed by atoms with Crippen LogP contribution in [0, 0.1) is 0 Å². The lowest BCUT2D eigenvalue weighted by molar-refractivity contribution is -0.788. The van der Waals surface area contributed by atoms with E-state index in [2.05, 4.69) is 13.2 Å². The van der Waals surface area contributed by atoms with Crippen LogP contribution in [-0.4, -0.2) is 13.2 Å². The Balaban J connectivity index is 0.000000222. The lowest BCUT2D eigenvalue weighted by Crippen LogP contribution is -2.21. The molecule has 0 atom stereocenters. The predicted octanol–water partition coefficient (Wildman–Crippen LogP) is 0.410. The van der Waals surface area contributed by atoms with Gasteiger partial charge in [0.2, 0.25) is 0 Å². The fourth-order valence-corrected chi connectivity index (χ4v) is 0.628. The molecule has 8 heavy (non-hydrogen) atoms. The standard InChI is InChI=1S/C4H8O2.C2H4/c5-6-3-1-2-4-6;1-2/h1-4H2;1-2H2. The van der Waals surface area contributed by atoms with Crippen molar-refractivity contribution < 1.29 is 9.78 Å². The molecule has 0 saturated carbocycles. The molecule has 0 radical (unpaired) electrons. The first-order valence-corrected chi connectivity index (χ1v) is 2.74. The van der Waals surface area contributed by atoms with E-state index in [1.165, 1.54) is 0 Å². The summed E-state index contributed by atoms with van der Waals surface area (Å²) in [5.74, 6) is 0. The van der Waals surface area contributed by atoms with Crippen molar-refractivity contribution in [3.63, 3.8) is 0 Å². The summed E-state index contributed by atoms with van der Waals surface area (Å²) in [5, 5.41) is 10.1. The van der Waals surface area contributed by atoms with Crippen molar-refractivity contribution >= 4 is 0 Å². The monoisotopic (exact) mass is 116 g/mol. The van der Waals surface area contributed by atoms with Gasteiger partial charge in [-0.2, -0.15) is 0 Å². The first-order valence-electron chi connectivity index (χ1n) is 2.74. The van der Waals surface area contributed by atoms with Crippen LogP contribution < -0.4 is 5.26 Å². The minimum atomic E-state index is 0.681. The van der Waals surface area contributed by atoms with Crippen LogP contribution in [-0.2, 0) is 4.52 Å². The minimum Gasteiger partial charge on any atom is -0.534 e. The molecule has 0 amide bonds. The Hall–Kier alpha value is -0.340. The molecular formula is C6H12O2. The van der Waals surface area contributed by atoms with Crippen molar-refractivity contribution in [2.75, 3.05) is 13.2 Å². The van der Waals surface area contributed by atoms with E-state index in [0.29, 0.717) is 13.2 Å². The fourth-order valence-electron chi connectivity index (χ4n) is 0.628. The minimum absolute atomic E-state index is 0.681. The summed E-state index contributed by atoms with van der Waals surface area (Å²) in [6.07, 6.45) is 2.13. The number of hydrogen-bond donors (Lipinski definition) is 0. The molecular weight excluding hydrogens is 104 g/mol. The lowest BCUT2D eigenvalue weighted by Gasteiger charge is -2.10. The second-order valence-corrected chi connectivity index (χ2v) is 1.56. The quantitative estimate of drug-likeness (QED) is 0.256. The molecule has 1 aliphatic rings. The van der Waals surface area contributed by atoms with E-state index < -0.39 is 0 Å². The Morgan fingerprint density at radius 3 is 1.62 bits per heavy atom. The average Bonchev–Trinajstić information content (AvgIpc) is 2.24. The number of rotatable bonds is 0. The van der Waals surface area contributed by atoms with Gasteiger partial charge in [-0.1, -0.05) is 0 Å². The highest BCUT2D eigenvalue weighted by atomic mass is 17.2. The van der Waals surface area contributed by atoms with E-state index in [0.717, 1.165) is 12.8 Å². The first-order chi connectivity index (χ1) is 3.89. The molecule has 1 saturated heterocycles. The summed E-state index contributed by atoms with van der Waals surface area (Å²) in [6.45, 7) is 7.36. The first kappa shape index (κ1) is 7.66. The van der Waals surface area contributed by atoms with Crippen LogP contribution in [0.25, 0.3) is 0 Å². The Morgan fingerprint density at radius 2 is 1.50 bits per heavy atom. The van der Waals surface area contributed by atoms with Crippen molar-refractivity contribution in [1.29, 1.82) is 0 Å². The summed E-state index contributed by atoms with van der Waals surface area (Å²) < 4.78 is 1.77. The Kier molecular flexibility index (Phi) is 4.61. The maximum atomic E-state index is 10.1. The molecule has 48 valence electrons. The third-order valence-electron chi connectivity index (χ3n) is 0.994. The predicted molar refractivity (Wildman–Crippen MR) is 31.3 cm³/mol. The van der Waals surface area contributed by atoms with Gasteiger partial charge in [0, 0.05) is 12.8 Å². The van der Waals surface area contributed by atoms with Gasteiger partial charge in [-0.25, -0.2) is 0 Å². The van der Waals surface area contributed by atoms with Gasteiger partial charge in [0.15, 0.2) is 13.2 Å².